The number of carbonyl (C=O) groups is 3. The Bertz CT molecular complexity index is 732. The molecule has 31 heavy (non-hydrogen) atoms. The second-order valence-electron chi connectivity index (χ2n) is 8.85. The van der Waals surface area contributed by atoms with Crippen LogP contribution < -0.4 is 0 Å². The first kappa shape index (κ1) is 25.0. The van der Waals surface area contributed by atoms with E-state index in [1.54, 1.807) is 6.08 Å². The number of allylic oxidation sites excluding steroid dienone is 2. The number of carboxylic acid groups (broad SMARTS) is 1. The van der Waals surface area contributed by atoms with E-state index in [1.165, 1.54) is 31.2 Å². The molecule has 2 rings (SSSR count). The maximum absolute atomic E-state index is 12.6. The lowest BCUT2D eigenvalue weighted by Gasteiger charge is -2.14. The van der Waals surface area contributed by atoms with Crippen molar-refractivity contribution in [2.75, 3.05) is 0 Å². The van der Waals surface area contributed by atoms with Gasteiger partial charge in [-0.3, -0.25) is 14.4 Å². The molecule has 1 N–H and O–H groups in total. The molecular weight excluding hydrogens is 388 g/mol. The number of carbonyl (C=O) groups excluding carboxylic acids is 2. The standard InChI is InChI=1S/C27H38O4/c1-2-3-4-7-10-21-13-15-23(16-14-21)25(28)19-17-22-18-20-26(29)24(22)11-8-5-6-9-12-27(30)31/h13-17,19,22,24H,2-12,18,20H2,1H3,(H,30,31)/b19-17+. The van der Waals surface area contributed by atoms with Gasteiger partial charge in [0.15, 0.2) is 5.78 Å². The van der Waals surface area contributed by atoms with Crippen LogP contribution >= 0.6 is 0 Å². The molecule has 4 heteroatoms. The van der Waals surface area contributed by atoms with Gasteiger partial charge in [-0.05, 0) is 49.7 Å². The number of ketones is 2. The summed E-state index contributed by atoms with van der Waals surface area (Å²) >= 11 is 0. The molecule has 1 aliphatic carbocycles. The van der Waals surface area contributed by atoms with Crippen molar-refractivity contribution in [1.82, 2.24) is 0 Å². The summed E-state index contributed by atoms with van der Waals surface area (Å²) in [7, 11) is 0. The summed E-state index contributed by atoms with van der Waals surface area (Å²) in [6, 6.07) is 7.94. The zero-order valence-corrected chi connectivity index (χ0v) is 19.0. The largest absolute Gasteiger partial charge is 0.481 e. The normalized spacial score (nSPS) is 18.7. The van der Waals surface area contributed by atoms with Crippen LogP contribution in [0.4, 0.5) is 0 Å². The molecule has 4 nitrogen and oxygen atoms in total. The number of aryl methyl sites for hydroxylation is 1. The second kappa shape index (κ2) is 14.0. The van der Waals surface area contributed by atoms with Gasteiger partial charge in [0, 0.05) is 24.3 Å². The molecule has 170 valence electrons. The summed E-state index contributed by atoms with van der Waals surface area (Å²) in [6.07, 6.45) is 15.6. The van der Waals surface area contributed by atoms with Crippen molar-refractivity contribution in [2.24, 2.45) is 11.8 Å². The van der Waals surface area contributed by atoms with Crippen LogP contribution in [0.15, 0.2) is 36.4 Å². The Balaban J connectivity index is 1.79. The quantitative estimate of drug-likeness (QED) is 0.196. The summed E-state index contributed by atoms with van der Waals surface area (Å²) in [5.41, 5.74) is 1.98. The Kier molecular flexibility index (Phi) is 11.3. The summed E-state index contributed by atoms with van der Waals surface area (Å²) in [4.78, 5) is 35.4. The van der Waals surface area contributed by atoms with E-state index < -0.39 is 5.97 Å². The number of carboxylic acids is 1. The van der Waals surface area contributed by atoms with E-state index in [2.05, 4.69) is 19.1 Å². The van der Waals surface area contributed by atoms with Crippen LogP contribution in [-0.4, -0.2) is 22.6 Å². The van der Waals surface area contributed by atoms with E-state index in [4.69, 9.17) is 5.11 Å². The van der Waals surface area contributed by atoms with E-state index in [9.17, 15) is 14.4 Å². The van der Waals surface area contributed by atoms with Crippen molar-refractivity contribution in [1.29, 1.82) is 0 Å². The van der Waals surface area contributed by atoms with Gasteiger partial charge in [-0.1, -0.05) is 75.8 Å². The van der Waals surface area contributed by atoms with E-state index in [1.807, 2.05) is 18.2 Å². The highest BCUT2D eigenvalue weighted by molar-refractivity contribution is 6.04. The van der Waals surface area contributed by atoms with Crippen molar-refractivity contribution in [2.45, 2.75) is 90.4 Å². The van der Waals surface area contributed by atoms with Gasteiger partial charge in [0.1, 0.15) is 5.78 Å². The smallest absolute Gasteiger partial charge is 0.303 e. The van der Waals surface area contributed by atoms with Gasteiger partial charge in [0.25, 0.3) is 0 Å². The maximum Gasteiger partial charge on any atom is 0.303 e. The van der Waals surface area contributed by atoms with E-state index in [-0.39, 0.29) is 24.0 Å². The van der Waals surface area contributed by atoms with E-state index in [0.29, 0.717) is 24.2 Å². The Hall–Kier alpha value is -2.23. The minimum atomic E-state index is -0.748. The first-order chi connectivity index (χ1) is 15.0. The molecule has 1 fully saturated rings. The minimum Gasteiger partial charge on any atom is -0.481 e. The average molecular weight is 427 g/mol. The van der Waals surface area contributed by atoms with Gasteiger partial charge in [-0.15, -0.1) is 0 Å². The third kappa shape index (κ3) is 9.20. The number of benzene rings is 1. The lowest BCUT2D eigenvalue weighted by Crippen LogP contribution is -2.13. The number of unbranched alkanes of at least 4 members (excludes halogenated alkanes) is 6. The molecule has 1 aromatic rings. The zero-order valence-electron chi connectivity index (χ0n) is 19.0. The van der Waals surface area contributed by atoms with Crippen molar-refractivity contribution in [3.8, 4) is 0 Å². The predicted molar refractivity (Wildman–Crippen MR) is 124 cm³/mol. The maximum atomic E-state index is 12.6. The van der Waals surface area contributed by atoms with Crippen LogP contribution in [0.5, 0.6) is 0 Å². The Morgan fingerprint density at radius 1 is 1.00 bits per heavy atom. The Labute approximate surface area is 187 Å². The van der Waals surface area contributed by atoms with Gasteiger partial charge in [-0.2, -0.15) is 0 Å². The second-order valence-corrected chi connectivity index (χ2v) is 8.85. The van der Waals surface area contributed by atoms with Crippen LogP contribution in [0.2, 0.25) is 0 Å². The first-order valence-corrected chi connectivity index (χ1v) is 12.1. The van der Waals surface area contributed by atoms with Crippen molar-refractivity contribution < 1.29 is 19.5 Å². The summed E-state index contributed by atoms with van der Waals surface area (Å²) in [6.45, 7) is 2.21. The average Bonchev–Trinajstić information content (AvgIpc) is 3.11. The summed E-state index contributed by atoms with van der Waals surface area (Å²) in [5, 5.41) is 8.68. The van der Waals surface area contributed by atoms with Gasteiger partial charge >= 0.3 is 5.97 Å². The molecule has 1 aromatic carbocycles. The highest BCUT2D eigenvalue weighted by atomic mass is 16.4. The van der Waals surface area contributed by atoms with Crippen LogP contribution in [0.1, 0.15) is 99.9 Å². The fourth-order valence-electron chi connectivity index (χ4n) is 4.43. The van der Waals surface area contributed by atoms with Crippen LogP contribution in [0, 0.1) is 11.8 Å². The fourth-order valence-corrected chi connectivity index (χ4v) is 4.43. The third-order valence-corrected chi connectivity index (χ3v) is 6.36. The number of Topliss-reactive ketones (excluding diaryl/α,β-unsaturated/α-hetero) is 1. The molecule has 0 heterocycles. The van der Waals surface area contributed by atoms with Gasteiger partial charge < -0.3 is 5.11 Å². The molecule has 0 amide bonds. The summed E-state index contributed by atoms with van der Waals surface area (Å²) < 4.78 is 0. The van der Waals surface area contributed by atoms with Crippen LogP contribution in [0.25, 0.3) is 0 Å². The number of rotatable bonds is 15. The van der Waals surface area contributed by atoms with E-state index >= 15 is 0 Å². The van der Waals surface area contributed by atoms with Gasteiger partial charge in [-0.25, -0.2) is 0 Å². The predicted octanol–water partition coefficient (Wildman–Crippen LogP) is 6.57. The molecule has 0 saturated heterocycles. The van der Waals surface area contributed by atoms with Crippen molar-refractivity contribution >= 4 is 17.5 Å². The molecule has 0 bridgehead atoms. The van der Waals surface area contributed by atoms with Crippen molar-refractivity contribution in [3.05, 3.63) is 47.5 Å². The molecule has 0 aromatic heterocycles. The summed E-state index contributed by atoms with van der Waals surface area (Å²) in [5.74, 6) is -0.283. The monoisotopic (exact) mass is 426 g/mol. The molecule has 0 radical (unpaired) electrons. The number of hydrogen-bond acceptors (Lipinski definition) is 3. The Morgan fingerprint density at radius 2 is 1.71 bits per heavy atom. The fraction of sp³-hybridized carbons (Fsp3) is 0.593. The lowest BCUT2D eigenvalue weighted by atomic mass is 9.89. The topological polar surface area (TPSA) is 71.4 Å². The molecule has 0 aliphatic heterocycles. The number of hydrogen-bond donors (Lipinski definition) is 1. The Morgan fingerprint density at radius 3 is 2.42 bits per heavy atom. The minimum absolute atomic E-state index is 0.00398. The van der Waals surface area contributed by atoms with Gasteiger partial charge in [0.2, 0.25) is 0 Å². The van der Waals surface area contributed by atoms with Gasteiger partial charge in [0.05, 0.1) is 0 Å². The van der Waals surface area contributed by atoms with Crippen molar-refractivity contribution in [3.63, 3.8) is 0 Å². The molecule has 1 aliphatic rings. The molecule has 1 saturated carbocycles. The van der Waals surface area contributed by atoms with Crippen LogP contribution in [0.3, 0.4) is 0 Å². The highest BCUT2D eigenvalue weighted by Crippen LogP contribution is 2.34. The zero-order chi connectivity index (χ0) is 22.5. The number of aliphatic carboxylic acids is 1. The third-order valence-electron chi connectivity index (χ3n) is 6.36. The highest BCUT2D eigenvalue weighted by Gasteiger charge is 2.32. The first-order valence-electron chi connectivity index (χ1n) is 12.1. The van der Waals surface area contributed by atoms with Crippen LogP contribution in [-0.2, 0) is 16.0 Å². The molecule has 2 unspecified atom stereocenters. The molecular formula is C27H38O4. The SMILES string of the molecule is CCCCCCc1ccc(C(=O)/C=C/C2CCC(=O)C2CCCCCCC(=O)O)cc1. The van der Waals surface area contributed by atoms with E-state index in [0.717, 1.165) is 38.5 Å². The molecule has 0 spiro atoms. The lowest BCUT2D eigenvalue weighted by molar-refractivity contribution is -0.137. The molecule has 2 atom stereocenters.